The summed E-state index contributed by atoms with van der Waals surface area (Å²) in [5.41, 5.74) is 17.1. The Kier molecular flexibility index (Phi) is 9.89. The number of hydrogen-bond acceptors (Lipinski definition) is 2. The first-order chi connectivity index (χ1) is 32.7. The molecule has 2 nitrogen and oxygen atoms in total. The van der Waals surface area contributed by atoms with Gasteiger partial charge in [0, 0.05) is 27.7 Å². The van der Waals surface area contributed by atoms with E-state index in [2.05, 4.69) is 248 Å². The van der Waals surface area contributed by atoms with Crippen LogP contribution in [0, 0.1) is 0 Å². The molecule has 0 bridgehead atoms. The van der Waals surface area contributed by atoms with E-state index in [1.54, 1.807) is 0 Å². The van der Waals surface area contributed by atoms with Crippen LogP contribution in [-0.4, -0.2) is 0 Å². The Morgan fingerprint density at radius 2 is 0.712 bits per heavy atom. The van der Waals surface area contributed by atoms with E-state index in [1.165, 1.54) is 60.5 Å². The molecule has 0 aliphatic heterocycles. The Morgan fingerprint density at radius 3 is 1.36 bits per heavy atom. The summed E-state index contributed by atoms with van der Waals surface area (Å²) in [4.78, 5) is 2.41. The molecule has 66 heavy (non-hydrogen) atoms. The first kappa shape index (κ1) is 38.9. The predicted molar refractivity (Wildman–Crippen MR) is 279 cm³/mol. The van der Waals surface area contributed by atoms with Crippen molar-refractivity contribution >= 4 is 49.6 Å². The second-order valence-corrected chi connectivity index (χ2v) is 16.9. The zero-order valence-corrected chi connectivity index (χ0v) is 36.2. The maximum Gasteiger partial charge on any atom is 0.135 e. The Hall–Kier alpha value is -8.72. The molecule has 1 heterocycles. The SMILES string of the molecule is c1ccc(-c2ccccc2-c2ccccc2-c2ccc(N(c3ccc(-c4ccc(-c5cccc(-c6cc7ccccc7o6)c5)cc4)cc3)c3cc4ccccc4c4ccccc34)cc2)cc1. The third-order valence-corrected chi connectivity index (χ3v) is 12.9. The normalized spacial score (nSPS) is 11.3. The van der Waals surface area contributed by atoms with Crippen molar-refractivity contribution in [2.75, 3.05) is 4.90 Å². The monoisotopic (exact) mass is 841 g/mol. The van der Waals surface area contributed by atoms with E-state index in [0.717, 1.165) is 56.0 Å². The van der Waals surface area contributed by atoms with Gasteiger partial charge in [0.1, 0.15) is 11.3 Å². The van der Waals surface area contributed by atoms with Gasteiger partial charge in [-0.15, -0.1) is 0 Å². The molecule has 0 aliphatic carbocycles. The molecule has 0 aliphatic rings. The summed E-state index contributed by atoms with van der Waals surface area (Å²) in [5, 5.41) is 6.00. The highest BCUT2D eigenvalue weighted by atomic mass is 16.3. The van der Waals surface area contributed by atoms with Crippen LogP contribution in [-0.2, 0) is 0 Å². The van der Waals surface area contributed by atoms with Gasteiger partial charge in [-0.3, -0.25) is 0 Å². The third kappa shape index (κ3) is 7.21. The highest BCUT2D eigenvalue weighted by Crippen LogP contribution is 2.44. The standard InChI is InChI=1S/C64H43NO/c1-2-15-47(16-3-1)55-21-7-9-24-58(55)59-25-10-8-22-56(59)48-35-39-54(40-36-48)65(62-42-50-17-4-6-23-57(50)60-26-11-12-27-61(60)62)53-37-33-45(34-38-53)44-29-31-46(32-30-44)49-19-14-20-51(41-49)64-43-52-18-5-13-28-63(52)66-64/h1-43H. The van der Waals surface area contributed by atoms with Crippen LogP contribution in [0.1, 0.15) is 0 Å². The average Bonchev–Trinajstić information content (AvgIpc) is 3.85. The van der Waals surface area contributed by atoms with Gasteiger partial charge in [0.05, 0.1) is 5.69 Å². The van der Waals surface area contributed by atoms with Gasteiger partial charge in [-0.2, -0.15) is 0 Å². The number of anilines is 3. The van der Waals surface area contributed by atoms with Crippen LogP contribution in [0.4, 0.5) is 17.1 Å². The minimum atomic E-state index is 0.877. The average molecular weight is 842 g/mol. The van der Waals surface area contributed by atoms with E-state index in [9.17, 15) is 0 Å². The van der Waals surface area contributed by atoms with E-state index < -0.39 is 0 Å². The van der Waals surface area contributed by atoms with Crippen LogP contribution < -0.4 is 4.90 Å². The topological polar surface area (TPSA) is 16.4 Å². The fourth-order valence-corrected chi connectivity index (χ4v) is 9.63. The number of para-hydroxylation sites is 1. The summed E-state index contributed by atoms with van der Waals surface area (Å²) in [6, 6.07) is 93.9. The van der Waals surface area contributed by atoms with Crippen molar-refractivity contribution < 1.29 is 4.42 Å². The largest absolute Gasteiger partial charge is 0.456 e. The van der Waals surface area contributed by atoms with Gasteiger partial charge in [-0.05, 0) is 120 Å². The maximum atomic E-state index is 6.20. The molecule has 0 saturated carbocycles. The summed E-state index contributed by atoms with van der Waals surface area (Å²) < 4.78 is 6.20. The Morgan fingerprint density at radius 1 is 0.258 bits per heavy atom. The number of rotatable bonds is 9. The zero-order chi connectivity index (χ0) is 43.8. The molecule has 11 aromatic carbocycles. The first-order valence-electron chi connectivity index (χ1n) is 22.6. The molecule has 0 unspecified atom stereocenters. The molecule has 310 valence electrons. The molecular formula is C64H43NO. The molecule has 0 amide bonds. The van der Waals surface area contributed by atoms with Crippen molar-refractivity contribution in [3.63, 3.8) is 0 Å². The van der Waals surface area contributed by atoms with E-state index in [4.69, 9.17) is 4.42 Å². The molecular weight excluding hydrogens is 799 g/mol. The maximum absolute atomic E-state index is 6.20. The van der Waals surface area contributed by atoms with Crippen molar-refractivity contribution in [1.29, 1.82) is 0 Å². The Balaban J connectivity index is 0.906. The lowest BCUT2D eigenvalue weighted by Gasteiger charge is -2.28. The van der Waals surface area contributed by atoms with Crippen LogP contribution in [0.5, 0.6) is 0 Å². The Labute approximate surface area is 384 Å². The summed E-state index contributed by atoms with van der Waals surface area (Å²) >= 11 is 0. The molecule has 1 aromatic heterocycles. The van der Waals surface area contributed by atoms with Crippen molar-refractivity contribution in [1.82, 2.24) is 0 Å². The van der Waals surface area contributed by atoms with Crippen molar-refractivity contribution in [3.05, 3.63) is 261 Å². The minimum Gasteiger partial charge on any atom is -0.456 e. The van der Waals surface area contributed by atoms with Gasteiger partial charge >= 0.3 is 0 Å². The van der Waals surface area contributed by atoms with E-state index in [0.29, 0.717) is 0 Å². The van der Waals surface area contributed by atoms with E-state index in [-0.39, 0.29) is 0 Å². The van der Waals surface area contributed by atoms with Crippen LogP contribution in [0.2, 0.25) is 0 Å². The van der Waals surface area contributed by atoms with Crippen molar-refractivity contribution in [2.24, 2.45) is 0 Å². The molecule has 0 saturated heterocycles. The van der Waals surface area contributed by atoms with Gasteiger partial charge < -0.3 is 9.32 Å². The number of hydrogen-bond donors (Lipinski definition) is 0. The van der Waals surface area contributed by atoms with Gasteiger partial charge in [0.2, 0.25) is 0 Å². The Bertz CT molecular complexity index is 3640. The molecule has 0 spiro atoms. The van der Waals surface area contributed by atoms with E-state index in [1.807, 2.05) is 18.2 Å². The third-order valence-electron chi connectivity index (χ3n) is 12.9. The second kappa shape index (κ2) is 16.8. The number of fused-ring (bicyclic) bond motifs is 4. The van der Waals surface area contributed by atoms with Crippen molar-refractivity contribution in [3.8, 4) is 67.0 Å². The van der Waals surface area contributed by atoms with Gasteiger partial charge in [0.25, 0.3) is 0 Å². The lowest BCUT2D eigenvalue weighted by Crippen LogP contribution is -2.10. The zero-order valence-electron chi connectivity index (χ0n) is 36.2. The summed E-state index contributed by atoms with van der Waals surface area (Å²) in [5.74, 6) is 0.877. The van der Waals surface area contributed by atoms with Crippen LogP contribution in [0.3, 0.4) is 0 Å². The van der Waals surface area contributed by atoms with Crippen LogP contribution in [0.15, 0.2) is 265 Å². The molecule has 0 fully saturated rings. The van der Waals surface area contributed by atoms with Crippen LogP contribution in [0.25, 0.3) is 99.5 Å². The highest BCUT2D eigenvalue weighted by molar-refractivity contribution is 6.14. The summed E-state index contributed by atoms with van der Waals surface area (Å²) in [6.07, 6.45) is 0. The predicted octanol–water partition coefficient (Wildman–Crippen LogP) is 18.2. The van der Waals surface area contributed by atoms with Crippen molar-refractivity contribution in [2.45, 2.75) is 0 Å². The highest BCUT2D eigenvalue weighted by Gasteiger charge is 2.19. The molecule has 0 atom stereocenters. The quantitative estimate of drug-likeness (QED) is 0.135. The molecule has 0 N–H and O–H groups in total. The lowest BCUT2D eigenvalue weighted by molar-refractivity contribution is 0.631. The van der Waals surface area contributed by atoms with Gasteiger partial charge in [-0.25, -0.2) is 0 Å². The molecule has 2 heteroatoms. The van der Waals surface area contributed by atoms with Crippen LogP contribution >= 0.6 is 0 Å². The lowest BCUT2D eigenvalue weighted by atomic mass is 9.89. The van der Waals surface area contributed by atoms with E-state index >= 15 is 0 Å². The molecule has 0 radical (unpaired) electrons. The van der Waals surface area contributed by atoms with Gasteiger partial charge in [0.15, 0.2) is 0 Å². The summed E-state index contributed by atoms with van der Waals surface area (Å²) in [6.45, 7) is 0. The fraction of sp³-hybridized carbons (Fsp3) is 0. The number of furan rings is 1. The van der Waals surface area contributed by atoms with Gasteiger partial charge in [-0.1, -0.05) is 212 Å². The smallest absolute Gasteiger partial charge is 0.135 e. The second-order valence-electron chi connectivity index (χ2n) is 16.9. The molecule has 12 aromatic rings. The number of benzene rings is 11. The summed E-state index contributed by atoms with van der Waals surface area (Å²) in [7, 11) is 0. The number of nitrogens with zero attached hydrogens (tertiary/aromatic N) is 1. The first-order valence-corrected chi connectivity index (χ1v) is 22.6. The molecule has 12 rings (SSSR count). The minimum absolute atomic E-state index is 0.877. The fourth-order valence-electron chi connectivity index (χ4n) is 9.63.